The molecule has 0 unspecified atom stereocenters. The summed E-state index contributed by atoms with van der Waals surface area (Å²) in [4.78, 5) is 27.6. The zero-order valence-corrected chi connectivity index (χ0v) is 18.4. The van der Waals surface area contributed by atoms with Crippen LogP contribution in [0.4, 0.5) is 0 Å². The Morgan fingerprint density at radius 3 is 2.62 bits per heavy atom. The smallest absolute Gasteiger partial charge is 0.340 e. The Kier molecular flexibility index (Phi) is 6.71. The fourth-order valence-corrected chi connectivity index (χ4v) is 4.06. The Morgan fingerprint density at radius 1 is 1.16 bits per heavy atom. The maximum atomic E-state index is 13.3. The highest BCUT2D eigenvalue weighted by atomic mass is 16.5. The molecule has 166 valence electrons. The highest BCUT2D eigenvalue weighted by molar-refractivity contribution is 6.16. The lowest BCUT2D eigenvalue weighted by Crippen LogP contribution is -2.33. The molecule has 2 heterocycles. The number of carbonyl (C=O) groups excluding carboxylic acids is 2. The first-order valence-corrected chi connectivity index (χ1v) is 10.8. The average Bonchev–Trinajstić information content (AvgIpc) is 3.41. The fourth-order valence-electron chi connectivity index (χ4n) is 4.06. The lowest BCUT2D eigenvalue weighted by molar-refractivity contribution is -0.136. The summed E-state index contributed by atoms with van der Waals surface area (Å²) < 4.78 is 16.7. The molecule has 1 fully saturated rings. The van der Waals surface area contributed by atoms with Crippen LogP contribution in [0.15, 0.2) is 71.4 Å². The highest BCUT2D eigenvalue weighted by Gasteiger charge is 2.38. The summed E-state index contributed by atoms with van der Waals surface area (Å²) in [6.45, 7) is 3.30. The maximum absolute atomic E-state index is 13.3. The molecule has 0 aromatic heterocycles. The van der Waals surface area contributed by atoms with Crippen LogP contribution in [0.25, 0.3) is 6.08 Å². The second-order valence-corrected chi connectivity index (χ2v) is 7.87. The van der Waals surface area contributed by atoms with Crippen LogP contribution in [0.5, 0.6) is 5.75 Å². The molecule has 0 bridgehead atoms. The Balaban J connectivity index is 1.64. The summed E-state index contributed by atoms with van der Waals surface area (Å²) in [6, 6.07) is 17.3. The van der Waals surface area contributed by atoms with Gasteiger partial charge in [0.05, 0.1) is 30.9 Å². The van der Waals surface area contributed by atoms with E-state index in [2.05, 4.69) is 0 Å². The molecule has 2 aliphatic heterocycles. The molecule has 1 atom stereocenters. The van der Waals surface area contributed by atoms with Crippen molar-refractivity contribution in [3.63, 3.8) is 0 Å². The minimum atomic E-state index is -0.528. The first-order valence-electron chi connectivity index (χ1n) is 10.8. The van der Waals surface area contributed by atoms with Gasteiger partial charge in [0.25, 0.3) is 5.91 Å². The van der Waals surface area contributed by atoms with Crippen LogP contribution in [-0.4, -0.2) is 43.1 Å². The van der Waals surface area contributed by atoms with Crippen molar-refractivity contribution in [3.05, 3.63) is 82.6 Å². The molecular formula is C26H27NO5. The lowest BCUT2D eigenvalue weighted by Gasteiger charge is -2.21. The van der Waals surface area contributed by atoms with Crippen molar-refractivity contribution >= 4 is 18.0 Å². The van der Waals surface area contributed by atoms with Crippen LogP contribution in [-0.2, 0) is 25.7 Å². The second-order valence-electron chi connectivity index (χ2n) is 7.87. The average molecular weight is 434 g/mol. The molecule has 1 amide bonds. The van der Waals surface area contributed by atoms with Gasteiger partial charge < -0.3 is 19.1 Å². The number of hydrogen-bond donors (Lipinski definition) is 0. The molecule has 32 heavy (non-hydrogen) atoms. The summed E-state index contributed by atoms with van der Waals surface area (Å²) in [5.74, 6) is -0.119. The molecule has 2 aliphatic rings. The van der Waals surface area contributed by atoms with Crippen molar-refractivity contribution in [1.82, 2.24) is 4.90 Å². The van der Waals surface area contributed by atoms with Gasteiger partial charge in [-0.2, -0.15) is 0 Å². The molecule has 0 spiro atoms. The number of esters is 1. The van der Waals surface area contributed by atoms with Gasteiger partial charge in [-0.3, -0.25) is 4.79 Å². The summed E-state index contributed by atoms with van der Waals surface area (Å²) in [6.07, 6.45) is 3.58. The molecule has 2 aromatic carbocycles. The van der Waals surface area contributed by atoms with E-state index >= 15 is 0 Å². The van der Waals surface area contributed by atoms with E-state index in [0.717, 1.165) is 24.0 Å². The minimum Gasteiger partial charge on any atom is -0.488 e. The van der Waals surface area contributed by atoms with Crippen LogP contribution in [0.3, 0.4) is 0 Å². The molecule has 0 aliphatic carbocycles. The number of para-hydroxylation sites is 1. The van der Waals surface area contributed by atoms with Gasteiger partial charge in [0.15, 0.2) is 0 Å². The van der Waals surface area contributed by atoms with E-state index in [-0.39, 0.29) is 17.6 Å². The van der Waals surface area contributed by atoms with Gasteiger partial charge in [0, 0.05) is 17.9 Å². The van der Waals surface area contributed by atoms with Crippen molar-refractivity contribution in [2.75, 3.05) is 20.3 Å². The molecule has 6 heteroatoms. The van der Waals surface area contributed by atoms with Crippen LogP contribution >= 0.6 is 0 Å². The van der Waals surface area contributed by atoms with Crippen molar-refractivity contribution < 1.29 is 23.8 Å². The van der Waals surface area contributed by atoms with Crippen LogP contribution in [0, 0.1) is 0 Å². The van der Waals surface area contributed by atoms with Crippen molar-refractivity contribution in [2.24, 2.45) is 0 Å². The number of nitrogens with zero attached hydrogens (tertiary/aromatic N) is 1. The first-order chi connectivity index (χ1) is 15.6. The van der Waals surface area contributed by atoms with Crippen molar-refractivity contribution in [2.45, 2.75) is 32.5 Å². The highest BCUT2D eigenvalue weighted by Crippen LogP contribution is 2.34. The molecule has 0 radical (unpaired) electrons. The quantitative estimate of drug-likeness (QED) is 0.486. The Morgan fingerprint density at radius 2 is 1.91 bits per heavy atom. The van der Waals surface area contributed by atoms with Gasteiger partial charge in [-0.05, 0) is 37.5 Å². The third kappa shape index (κ3) is 4.60. The van der Waals surface area contributed by atoms with Gasteiger partial charge in [-0.15, -0.1) is 0 Å². The molecule has 0 saturated carbocycles. The number of hydrogen-bond acceptors (Lipinski definition) is 5. The zero-order valence-electron chi connectivity index (χ0n) is 18.4. The standard InChI is InChI=1S/C26H27NO5/c1-18-24(26(29)30-2)22(25(28)27(18)16-21-12-8-14-31-21)15-20-11-6-7-13-23(20)32-17-19-9-4-3-5-10-19/h3-7,9-11,13,15,21H,8,12,14,16-17H2,1-2H3/b22-15-/t21-/m1/s1. The van der Waals surface area contributed by atoms with Gasteiger partial charge >= 0.3 is 5.97 Å². The number of rotatable bonds is 7. The molecule has 2 aromatic rings. The molecule has 6 nitrogen and oxygen atoms in total. The van der Waals surface area contributed by atoms with Gasteiger partial charge in [-0.25, -0.2) is 4.79 Å². The van der Waals surface area contributed by atoms with Crippen molar-refractivity contribution in [3.8, 4) is 5.75 Å². The van der Waals surface area contributed by atoms with Crippen LogP contribution in [0.2, 0.25) is 0 Å². The largest absolute Gasteiger partial charge is 0.488 e. The predicted molar refractivity (Wildman–Crippen MR) is 121 cm³/mol. The number of methoxy groups -OCH3 is 1. The van der Waals surface area contributed by atoms with Gasteiger partial charge in [0.2, 0.25) is 0 Å². The second kappa shape index (κ2) is 9.83. The molecule has 4 rings (SSSR count). The van der Waals surface area contributed by atoms with Gasteiger partial charge in [0.1, 0.15) is 12.4 Å². The Hall–Kier alpha value is -3.38. The lowest BCUT2D eigenvalue weighted by atomic mass is 10.0. The van der Waals surface area contributed by atoms with E-state index in [1.807, 2.05) is 54.6 Å². The minimum absolute atomic E-state index is 0.0198. The number of benzene rings is 2. The van der Waals surface area contributed by atoms with E-state index in [4.69, 9.17) is 14.2 Å². The third-order valence-electron chi connectivity index (χ3n) is 5.77. The fraction of sp³-hybridized carbons (Fsp3) is 0.308. The zero-order chi connectivity index (χ0) is 22.5. The van der Waals surface area contributed by atoms with Crippen molar-refractivity contribution in [1.29, 1.82) is 0 Å². The van der Waals surface area contributed by atoms with E-state index in [9.17, 15) is 9.59 Å². The molecule has 1 saturated heterocycles. The summed E-state index contributed by atoms with van der Waals surface area (Å²) in [5, 5.41) is 0. The summed E-state index contributed by atoms with van der Waals surface area (Å²) >= 11 is 0. The van der Waals surface area contributed by atoms with Gasteiger partial charge in [-0.1, -0.05) is 48.5 Å². The topological polar surface area (TPSA) is 65.1 Å². The number of ether oxygens (including phenoxy) is 3. The Bertz CT molecular complexity index is 1050. The summed E-state index contributed by atoms with van der Waals surface area (Å²) in [5.41, 5.74) is 2.95. The van der Waals surface area contributed by atoms with Crippen LogP contribution in [0.1, 0.15) is 30.9 Å². The SMILES string of the molecule is COC(=O)C1=C(C)N(C[C@H]2CCCO2)C(=O)/C1=C\c1ccccc1OCc1ccccc1. The first kappa shape index (κ1) is 21.8. The maximum Gasteiger partial charge on any atom is 0.340 e. The van der Waals surface area contributed by atoms with E-state index in [0.29, 0.717) is 36.8 Å². The number of allylic oxidation sites excluding steroid dienone is 1. The number of carbonyl (C=O) groups is 2. The summed E-state index contributed by atoms with van der Waals surface area (Å²) in [7, 11) is 1.32. The van der Waals surface area contributed by atoms with Crippen LogP contribution < -0.4 is 4.74 Å². The molecular weight excluding hydrogens is 406 g/mol. The Labute approximate surface area is 188 Å². The van der Waals surface area contributed by atoms with E-state index in [1.54, 1.807) is 17.9 Å². The third-order valence-corrected chi connectivity index (χ3v) is 5.77. The monoisotopic (exact) mass is 433 g/mol. The predicted octanol–water partition coefficient (Wildman–Crippen LogP) is 4.12. The van der Waals surface area contributed by atoms with E-state index in [1.165, 1.54) is 7.11 Å². The number of amides is 1. The molecule has 0 N–H and O–H groups in total. The van der Waals surface area contributed by atoms with E-state index < -0.39 is 5.97 Å². The normalized spacial score (nSPS) is 19.7.